The maximum Gasteiger partial charge on any atom is 0.152 e. The molecule has 0 bridgehead atoms. The minimum absolute atomic E-state index is 0.0431. The van der Waals surface area contributed by atoms with Gasteiger partial charge in [-0.1, -0.05) is 36.4 Å². The van der Waals surface area contributed by atoms with Crippen LogP contribution in [0.5, 0.6) is 11.5 Å². The van der Waals surface area contributed by atoms with Crippen LogP contribution in [-0.4, -0.2) is 38.4 Å². The van der Waals surface area contributed by atoms with Crippen LogP contribution in [0.15, 0.2) is 72.8 Å². The minimum atomic E-state index is 0.0431. The van der Waals surface area contributed by atoms with Crippen LogP contribution < -0.4 is 5.32 Å². The Bertz CT molecular complexity index is 1190. The lowest BCUT2D eigenvalue weighted by atomic mass is 10.0. The highest BCUT2D eigenvalue weighted by Gasteiger charge is 2.12. The summed E-state index contributed by atoms with van der Waals surface area (Å²) in [7, 11) is 0. The number of aromatic nitrogens is 2. The average molecular weight is 427 g/mol. The van der Waals surface area contributed by atoms with Gasteiger partial charge in [0.25, 0.3) is 0 Å². The number of benzene rings is 3. The predicted octanol–water partition coefficient (Wildman–Crippen LogP) is 5.49. The molecule has 1 aliphatic rings. The van der Waals surface area contributed by atoms with Crippen LogP contribution in [0.4, 0.5) is 11.5 Å². The molecule has 6 heteroatoms. The molecule has 6 nitrogen and oxygen atoms in total. The van der Waals surface area contributed by atoms with Crippen molar-refractivity contribution in [2.24, 2.45) is 0 Å². The number of aromatic hydroxyl groups is 2. The molecule has 2 heterocycles. The van der Waals surface area contributed by atoms with Gasteiger partial charge in [0.2, 0.25) is 0 Å². The van der Waals surface area contributed by atoms with Gasteiger partial charge in [0, 0.05) is 29.9 Å². The number of phenolic OH excluding ortho intramolecular Hbond substituents is 2. The summed E-state index contributed by atoms with van der Waals surface area (Å²) in [6.45, 7) is 3.42. The SMILES string of the molecule is Oc1ccc(-c2ccc(-c3cc(Nc4ccc(CN5CCCC5)cc4)n[nH]3)cc2)c(O)c1. The number of nitrogens with one attached hydrogen (secondary N) is 2. The third kappa shape index (κ3) is 4.45. The molecule has 162 valence electrons. The Hall–Kier alpha value is -3.77. The van der Waals surface area contributed by atoms with E-state index < -0.39 is 0 Å². The van der Waals surface area contributed by atoms with Gasteiger partial charge in [-0.3, -0.25) is 10.00 Å². The van der Waals surface area contributed by atoms with Gasteiger partial charge in [-0.2, -0.15) is 5.10 Å². The van der Waals surface area contributed by atoms with E-state index in [1.807, 2.05) is 30.3 Å². The van der Waals surface area contributed by atoms with Crippen LogP contribution in [0.3, 0.4) is 0 Å². The monoisotopic (exact) mass is 426 g/mol. The van der Waals surface area contributed by atoms with E-state index in [0.717, 1.165) is 34.9 Å². The van der Waals surface area contributed by atoms with E-state index in [1.54, 1.807) is 12.1 Å². The minimum Gasteiger partial charge on any atom is -0.508 e. The summed E-state index contributed by atoms with van der Waals surface area (Å²) in [5, 5.41) is 30.4. The summed E-state index contributed by atoms with van der Waals surface area (Å²) in [6, 6.07) is 23.0. The normalized spacial score (nSPS) is 14.0. The molecule has 1 aliphatic heterocycles. The molecular weight excluding hydrogens is 400 g/mol. The third-order valence-corrected chi connectivity index (χ3v) is 5.90. The third-order valence-electron chi connectivity index (χ3n) is 5.90. The van der Waals surface area contributed by atoms with Crippen molar-refractivity contribution in [1.82, 2.24) is 15.1 Å². The number of H-pyrrole nitrogens is 1. The van der Waals surface area contributed by atoms with Gasteiger partial charge in [-0.25, -0.2) is 0 Å². The van der Waals surface area contributed by atoms with Crippen LogP contribution in [0.2, 0.25) is 0 Å². The van der Waals surface area contributed by atoms with Crippen molar-refractivity contribution in [1.29, 1.82) is 0 Å². The highest BCUT2D eigenvalue weighted by molar-refractivity contribution is 5.74. The highest BCUT2D eigenvalue weighted by atomic mass is 16.3. The summed E-state index contributed by atoms with van der Waals surface area (Å²) in [6.07, 6.45) is 2.62. The Morgan fingerprint density at radius 1 is 0.844 bits per heavy atom. The van der Waals surface area contributed by atoms with Crippen molar-refractivity contribution >= 4 is 11.5 Å². The first-order valence-electron chi connectivity index (χ1n) is 10.9. The van der Waals surface area contributed by atoms with Crippen molar-refractivity contribution in [3.63, 3.8) is 0 Å². The maximum atomic E-state index is 10.1. The molecule has 0 amide bonds. The molecule has 1 fully saturated rings. The van der Waals surface area contributed by atoms with Crippen LogP contribution in [0.25, 0.3) is 22.4 Å². The number of aromatic amines is 1. The zero-order valence-electron chi connectivity index (χ0n) is 17.8. The molecule has 0 unspecified atom stereocenters. The molecular formula is C26H26N4O2. The van der Waals surface area contributed by atoms with Crippen molar-refractivity contribution in [2.75, 3.05) is 18.4 Å². The lowest BCUT2D eigenvalue weighted by Gasteiger charge is -2.14. The van der Waals surface area contributed by atoms with Gasteiger partial charge in [-0.05, 0) is 66.9 Å². The van der Waals surface area contributed by atoms with Crippen molar-refractivity contribution < 1.29 is 10.2 Å². The topological polar surface area (TPSA) is 84.4 Å². The van der Waals surface area contributed by atoms with Gasteiger partial charge in [0.05, 0.1) is 5.69 Å². The second kappa shape index (κ2) is 8.77. The van der Waals surface area contributed by atoms with Crippen LogP contribution in [0.1, 0.15) is 18.4 Å². The van der Waals surface area contributed by atoms with Crippen molar-refractivity contribution in [3.8, 4) is 33.9 Å². The van der Waals surface area contributed by atoms with E-state index in [-0.39, 0.29) is 11.5 Å². The van der Waals surface area contributed by atoms with Crippen molar-refractivity contribution in [3.05, 3.63) is 78.4 Å². The number of likely N-dealkylation sites (tertiary alicyclic amines) is 1. The first-order chi connectivity index (χ1) is 15.6. The number of anilines is 2. The zero-order valence-corrected chi connectivity index (χ0v) is 17.8. The fourth-order valence-electron chi connectivity index (χ4n) is 4.17. The smallest absolute Gasteiger partial charge is 0.152 e. The fraction of sp³-hybridized carbons (Fsp3) is 0.192. The zero-order chi connectivity index (χ0) is 21.9. The Labute approximate surface area is 187 Å². The van der Waals surface area contributed by atoms with E-state index >= 15 is 0 Å². The van der Waals surface area contributed by atoms with Crippen LogP contribution in [-0.2, 0) is 6.54 Å². The molecule has 0 atom stereocenters. The van der Waals surface area contributed by atoms with Gasteiger partial charge in [0.1, 0.15) is 11.5 Å². The van der Waals surface area contributed by atoms with Crippen LogP contribution >= 0.6 is 0 Å². The highest BCUT2D eigenvalue weighted by Crippen LogP contribution is 2.33. The summed E-state index contributed by atoms with van der Waals surface area (Å²) >= 11 is 0. The first-order valence-corrected chi connectivity index (χ1v) is 10.9. The first kappa shape index (κ1) is 20.2. The molecule has 1 aromatic heterocycles. The Kier molecular flexibility index (Phi) is 5.52. The van der Waals surface area contributed by atoms with E-state index in [9.17, 15) is 10.2 Å². The average Bonchev–Trinajstić information content (AvgIpc) is 3.48. The molecule has 4 aromatic rings. The molecule has 3 aromatic carbocycles. The molecule has 4 N–H and O–H groups in total. The Balaban J connectivity index is 1.25. The number of hydrogen-bond donors (Lipinski definition) is 4. The number of rotatable bonds is 6. The molecule has 1 saturated heterocycles. The van der Waals surface area contributed by atoms with E-state index in [0.29, 0.717) is 5.56 Å². The molecule has 5 rings (SSSR count). The van der Waals surface area contributed by atoms with Gasteiger partial charge in [0.15, 0.2) is 5.82 Å². The molecule has 0 aliphatic carbocycles. The summed E-state index contributed by atoms with van der Waals surface area (Å²) < 4.78 is 0. The standard InChI is InChI=1S/C26H26N4O2/c31-22-11-12-23(25(32)15-22)19-5-7-20(8-6-19)24-16-26(29-28-24)27-21-9-3-18(4-10-21)17-30-13-1-2-14-30/h3-12,15-16,31-32H,1-2,13-14,17H2,(H2,27,28,29). The van der Waals surface area contributed by atoms with E-state index in [2.05, 4.69) is 44.7 Å². The Morgan fingerprint density at radius 3 is 2.28 bits per heavy atom. The fourth-order valence-corrected chi connectivity index (χ4v) is 4.17. The van der Waals surface area contributed by atoms with E-state index in [1.165, 1.54) is 37.6 Å². The largest absolute Gasteiger partial charge is 0.508 e. The molecule has 32 heavy (non-hydrogen) atoms. The lowest BCUT2D eigenvalue weighted by Crippen LogP contribution is -2.18. The Morgan fingerprint density at radius 2 is 1.56 bits per heavy atom. The van der Waals surface area contributed by atoms with Gasteiger partial charge >= 0.3 is 0 Å². The van der Waals surface area contributed by atoms with E-state index in [4.69, 9.17) is 0 Å². The maximum absolute atomic E-state index is 10.1. The predicted molar refractivity (Wildman–Crippen MR) is 127 cm³/mol. The number of hydrogen-bond acceptors (Lipinski definition) is 5. The van der Waals surface area contributed by atoms with Crippen molar-refractivity contribution in [2.45, 2.75) is 19.4 Å². The summed E-state index contributed by atoms with van der Waals surface area (Å²) in [4.78, 5) is 2.50. The second-order valence-corrected chi connectivity index (χ2v) is 8.25. The lowest BCUT2D eigenvalue weighted by molar-refractivity contribution is 0.331. The van der Waals surface area contributed by atoms with Crippen LogP contribution in [0, 0.1) is 0 Å². The molecule has 0 saturated carbocycles. The number of nitrogens with zero attached hydrogens (tertiary/aromatic N) is 2. The van der Waals surface area contributed by atoms with Gasteiger partial charge in [-0.15, -0.1) is 0 Å². The molecule has 0 radical (unpaired) electrons. The molecule has 0 spiro atoms. The number of phenols is 2. The summed E-state index contributed by atoms with van der Waals surface area (Å²) in [5.74, 6) is 0.853. The summed E-state index contributed by atoms with van der Waals surface area (Å²) in [5.41, 5.74) is 5.78. The van der Waals surface area contributed by atoms with Gasteiger partial charge < -0.3 is 15.5 Å². The second-order valence-electron chi connectivity index (χ2n) is 8.25. The quantitative estimate of drug-likeness (QED) is 0.327.